The highest BCUT2D eigenvalue weighted by molar-refractivity contribution is 7.27. The summed E-state index contributed by atoms with van der Waals surface area (Å²) >= 11 is 0. The van der Waals surface area contributed by atoms with Gasteiger partial charge in [-0.05, 0) is 29.3 Å². The average Bonchev–Trinajstić information content (AvgIpc) is 2.03. The topological polar surface area (TPSA) is 0 Å². The van der Waals surface area contributed by atoms with Gasteiger partial charge in [-0.3, -0.25) is 0 Å². The third-order valence-corrected chi connectivity index (χ3v) is 2.22. The molecule has 1 atom stereocenters. The van der Waals surface area contributed by atoms with Crippen LogP contribution in [0.4, 0.5) is 0 Å². The summed E-state index contributed by atoms with van der Waals surface area (Å²) < 4.78 is 0. The summed E-state index contributed by atoms with van der Waals surface area (Å²) in [6.45, 7) is 4.39. The highest BCUT2D eigenvalue weighted by atomic mass is 31.0. The van der Waals surface area contributed by atoms with Gasteiger partial charge in [0, 0.05) is 0 Å². The van der Waals surface area contributed by atoms with E-state index in [1.165, 1.54) is 16.4 Å². The molecule has 1 unspecified atom stereocenters. The summed E-state index contributed by atoms with van der Waals surface area (Å²) in [7, 11) is 2.76. The zero-order valence-corrected chi connectivity index (χ0v) is 8.38. The van der Waals surface area contributed by atoms with Gasteiger partial charge in [0.2, 0.25) is 0 Å². The van der Waals surface area contributed by atoms with Crippen LogP contribution in [-0.4, -0.2) is 0 Å². The minimum atomic E-state index is 1.13. The van der Waals surface area contributed by atoms with Crippen molar-refractivity contribution in [2.45, 2.75) is 26.7 Å². The molecular formula is C10H15P. The van der Waals surface area contributed by atoms with Crippen molar-refractivity contribution in [3.05, 3.63) is 29.3 Å². The minimum Gasteiger partial charge on any atom is -0.106 e. The fraction of sp³-hybridized carbons (Fsp3) is 0.400. The monoisotopic (exact) mass is 166 g/mol. The Bertz CT molecular complexity index is 218. The van der Waals surface area contributed by atoms with Crippen molar-refractivity contribution in [1.29, 1.82) is 0 Å². The summed E-state index contributed by atoms with van der Waals surface area (Å²) in [6.07, 6.45) is 2.27. The molecule has 0 N–H and O–H groups in total. The van der Waals surface area contributed by atoms with Crippen LogP contribution < -0.4 is 5.30 Å². The molecule has 1 aromatic carbocycles. The van der Waals surface area contributed by atoms with Gasteiger partial charge in [-0.1, -0.05) is 32.0 Å². The molecule has 60 valence electrons. The Morgan fingerprint density at radius 2 is 1.45 bits per heavy atom. The molecule has 1 aromatic rings. The van der Waals surface area contributed by atoms with Crippen molar-refractivity contribution in [3.63, 3.8) is 0 Å². The fourth-order valence-corrected chi connectivity index (χ4v) is 1.63. The van der Waals surface area contributed by atoms with Crippen molar-refractivity contribution < 1.29 is 0 Å². The number of benzene rings is 1. The van der Waals surface area contributed by atoms with E-state index >= 15 is 0 Å². The van der Waals surface area contributed by atoms with Crippen LogP contribution in [0.15, 0.2) is 18.2 Å². The van der Waals surface area contributed by atoms with E-state index in [0.717, 1.165) is 12.8 Å². The summed E-state index contributed by atoms with van der Waals surface area (Å²) in [6, 6.07) is 6.74. The summed E-state index contributed by atoms with van der Waals surface area (Å²) in [5.41, 5.74) is 2.88. The van der Waals surface area contributed by atoms with Gasteiger partial charge in [0.15, 0.2) is 0 Å². The molecule has 0 aliphatic heterocycles. The Kier molecular flexibility index (Phi) is 3.08. The van der Waals surface area contributed by atoms with E-state index in [1.54, 1.807) is 0 Å². The van der Waals surface area contributed by atoms with Gasteiger partial charge in [-0.25, -0.2) is 0 Å². The number of hydrogen-bond acceptors (Lipinski definition) is 0. The number of hydrogen-bond donors (Lipinski definition) is 0. The molecule has 0 nitrogen and oxygen atoms in total. The predicted octanol–water partition coefficient (Wildman–Crippen LogP) is 2.31. The highest BCUT2D eigenvalue weighted by Crippen LogP contribution is 2.06. The van der Waals surface area contributed by atoms with E-state index in [0.29, 0.717) is 0 Å². The Morgan fingerprint density at radius 3 is 1.82 bits per heavy atom. The summed E-state index contributed by atoms with van der Waals surface area (Å²) in [5, 5.41) is 1.31. The van der Waals surface area contributed by atoms with E-state index in [2.05, 4.69) is 41.3 Å². The molecule has 1 rings (SSSR count). The number of aryl methyl sites for hydroxylation is 2. The van der Waals surface area contributed by atoms with Crippen LogP contribution in [-0.2, 0) is 12.8 Å². The van der Waals surface area contributed by atoms with Crippen molar-refractivity contribution in [1.82, 2.24) is 0 Å². The Balaban J connectivity index is 3.02. The van der Waals surface area contributed by atoms with Gasteiger partial charge in [0.25, 0.3) is 0 Å². The lowest BCUT2D eigenvalue weighted by Gasteiger charge is -2.02. The lowest BCUT2D eigenvalue weighted by atomic mass is 10.1. The van der Waals surface area contributed by atoms with Crippen molar-refractivity contribution in [3.8, 4) is 0 Å². The predicted molar refractivity (Wildman–Crippen MR) is 54.5 cm³/mol. The van der Waals surface area contributed by atoms with Crippen LogP contribution in [0.3, 0.4) is 0 Å². The van der Waals surface area contributed by atoms with Gasteiger partial charge < -0.3 is 0 Å². The van der Waals surface area contributed by atoms with Crippen LogP contribution in [0, 0.1) is 0 Å². The molecule has 0 amide bonds. The summed E-state index contributed by atoms with van der Waals surface area (Å²) in [5.74, 6) is 0. The summed E-state index contributed by atoms with van der Waals surface area (Å²) in [4.78, 5) is 0. The Morgan fingerprint density at radius 1 is 1.00 bits per heavy atom. The maximum absolute atomic E-state index is 2.76. The lowest BCUT2D eigenvalue weighted by Crippen LogP contribution is -1.96. The van der Waals surface area contributed by atoms with Crippen molar-refractivity contribution >= 4 is 14.5 Å². The lowest BCUT2D eigenvalue weighted by molar-refractivity contribution is 1.09. The molecule has 0 aliphatic rings. The highest BCUT2D eigenvalue weighted by Gasteiger charge is 1.94. The second kappa shape index (κ2) is 3.88. The van der Waals surface area contributed by atoms with Crippen LogP contribution in [0.1, 0.15) is 25.0 Å². The number of rotatable bonds is 2. The molecule has 0 aromatic heterocycles. The van der Waals surface area contributed by atoms with E-state index in [-0.39, 0.29) is 0 Å². The van der Waals surface area contributed by atoms with Gasteiger partial charge >= 0.3 is 0 Å². The quantitative estimate of drug-likeness (QED) is 0.591. The van der Waals surface area contributed by atoms with E-state index < -0.39 is 0 Å². The van der Waals surface area contributed by atoms with Crippen LogP contribution in [0.2, 0.25) is 0 Å². The van der Waals surface area contributed by atoms with Gasteiger partial charge in [0.1, 0.15) is 0 Å². The van der Waals surface area contributed by atoms with Crippen molar-refractivity contribution in [2.24, 2.45) is 0 Å². The Labute approximate surface area is 71.2 Å². The average molecular weight is 166 g/mol. The first-order valence-corrected chi connectivity index (χ1v) is 4.72. The van der Waals surface area contributed by atoms with E-state index in [4.69, 9.17) is 0 Å². The first-order valence-electron chi connectivity index (χ1n) is 4.14. The standard InChI is InChI=1S/C10H15P/c1-3-8-5-9(4-2)7-10(11)6-8/h5-7H,3-4,11H2,1-2H3. The molecule has 0 radical (unpaired) electrons. The molecule has 11 heavy (non-hydrogen) atoms. The van der Waals surface area contributed by atoms with E-state index in [1.807, 2.05) is 0 Å². The molecule has 0 saturated carbocycles. The SMILES string of the molecule is CCc1cc(P)cc(CC)c1. The first kappa shape index (κ1) is 8.74. The minimum absolute atomic E-state index is 1.13. The van der Waals surface area contributed by atoms with Gasteiger partial charge in [-0.15, -0.1) is 9.24 Å². The van der Waals surface area contributed by atoms with Gasteiger partial charge in [-0.2, -0.15) is 0 Å². The molecule has 1 heteroatoms. The molecule has 0 bridgehead atoms. The maximum atomic E-state index is 2.76. The molecule has 0 aliphatic carbocycles. The van der Waals surface area contributed by atoms with E-state index in [9.17, 15) is 0 Å². The normalized spacial score (nSPS) is 10.1. The molecular weight excluding hydrogens is 151 g/mol. The maximum Gasteiger partial charge on any atom is -0.0297 e. The molecule has 0 spiro atoms. The largest absolute Gasteiger partial charge is 0.106 e. The zero-order valence-electron chi connectivity index (χ0n) is 7.22. The molecule has 0 fully saturated rings. The van der Waals surface area contributed by atoms with Crippen LogP contribution in [0.5, 0.6) is 0 Å². The van der Waals surface area contributed by atoms with Crippen LogP contribution >= 0.6 is 9.24 Å². The fourth-order valence-electron chi connectivity index (χ4n) is 1.20. The smallest absolute Gasteiger partial charge is 0.0297 e. The van der Waals surface area contributed by atoms with Crippen LogP contribution in [0.25, 0.3) is 0 Å². The van der Waals surface area contributed by atoms with Gasteiger partial charge in [0.05, 0.1) is 0 Å². The second-order valence-electron chi connectivity index (χ2n) is 2.79. The molecule has 0 heterocycles. The Hall–Kier alpha value is -0.350. The second-order valence-corrected chi connectivity index (χ2v) is 3.46. The third kappa shape index (κ3) is 2.31. The third-order valence-electron chi connectivity index (χ3n) is 1.89. The molecule has 0 saturated heterocycles. The zero-order chi connectivity index (χ0) is 8.27. The first-order chi connectivity index (χ1) is 5.26. The van der Waals surface area contributed by atoms with Crippen molar-refractivity contribution in [2.75, 3.05) is 0 Å².